The molecule has 0 spiro atoms. The first kappa shape index (κ1) is 21.5. The van der Waals surface area contributed by atoms with Crippen LogP contribution in [0, 0.1) is 16.7 Å². The maximum absolute atomic E-state index is 14.2. The predicted octanol–water partition coefficient (Wildman–Crippen LogP) is 4.86. The van der Waals surface area contributed by atoms with E-state index < -0.39 is 31.8 Å². The van der Waals surface area contributed by atoms with Gasteiger partial charge in [0, 0.05) is 5.92 Å². The highest BCUT2D eigenvalue weighted by Crippen LogP contribution is 2.70. The van der Waals surface area contributed by atoms with Gasteiger partial charge in [-0.05, 0) is 48.3 Å². The molecule has 1 saturated carbocycles. The summed E-state index contributed by atoms with van der Waals surface area (Å²) in [5.74, 6) is -1.21. The van der Waals surface area contributed by atoms with Crippen molar-refractivity contribution in [1.82, 2.24) is 0 Å². The molecule has 2 bridgehead atoms. The summed E-state index contributed by atoms with van der Waals surface area (Å²) >= 11 is 0. The highest BCUT2D eigenvalue weighted by molar-refractivity contribution is 7.92. The molecule has 2 aliphatic rings. The fraction of sp³-hybridized carbons (Fsp3) is 0.214. The molecule has 3 aromatic rings. The number of hydrogen-bond donors (Lipinski definition) is 0. The van der Waals surface area contributed by atoms with Gasteiger partial charge in [0.15, 0.2) is 15.6 Å². The Bertz CT molecular complexity index is 1380. The van der Waals surface area contributed by atoms with Crippen molar-refractivity contribution < 1.29 is 18.0 Å². The Morgan fingerprint density at radius 1 is 0.697 bits per heavy atom. The number of benzene rings is 3. The molecule has 0 heterocycles. The average Bonchev–Trinajstić information content (AvgIpc) is 3.14. The van der Waals surface area contributed by atoms with Crippen LogP contribution >= 0.6 is 0 Å². The number of carbonyl (C=O) groups is 2. The lowest BCUT2D eigenvalue weighted by atomic mass is 9.67. The van der Waals surface area contributed by atoms with E-state index in [1.54, 1.807) is 32.0 Å². The van der Waals surface area contributed by atoms with Gasteiger partial charge in [-0.1, -0.05) is 78.9 Å². The van der Waals surface area contributed by atoms with Crippen molar-refractivity contribution in [2.24, 2.45) is 16.7 Å². The van der Waals surface area contributed by atoms with Crippen molar-refractivity contribution >= 4 is 33.1 Å². The molecule has 2 aliphatic carbocycles. The summed E-state index contributed by atoms with van der Waals surface area (Å²) in [5.41, 5.74) is 0.451. The lowest BCUT2D eigenvalue weighted by Crippen LogP contribution is -2.44. The smallest absolute Gasteiger partial charge is 0.183 e. The van der Waals surface area contributed by atoms with E-state index in [1.165, 1.54) is 12.1 Å². The third-order valence-electron chi connectivity index (χ3n) is 7.47. The first-order valence-electron chi connectivity index (χ1n) is 10.9. The molecule has 1 fully saturated rings. The van der Waals surface area contributed by atoms with E-state index in [1.807, 2.05) is 60.7 Å². The highest BCUT2D eigenvalue weighted by Gasteiger charge is 2.75. The molecule has 0 saturated heterocycles. The molecule has 0 amide bonds. The van der Waals surface area contributed by atoms with Crippen LogP contribution in [-0.4, -0.2) is 25.7 Å². The minimum atomic E-state index is -3.99. The summed E-state index contributed by atoms with van der Waals surface area (Å²) in [6, 6.07) is 27.1. The fourth-order valence-electron chi connectivity index (χ4n) is 6.10. The molecule has 0 aromatic heterocycles. The van der Waals surface area contributed by atoms with Gasteiger partial charge in [0.1, 0.15) is 6.29 Å². The number of carbonyl (C=O) groups excluding carboxylic acids is 2. The van der Waals surface area contributed by atoms with Crippen LogP contribution in [0.3, 0.4) is 0 Å². The minimum Gasteiger partial charge on any atom is -0.303 e. The van der Waals surface area contributed by atoms with Crippen LogP contribution in [0.1, 0.15) is 25.0 Å². The number of allylic oxidation sites excluding steroid dienone is 2. The number of sulfone groups is 1. The Morgan fingerprint density at radius 2 is 1.12 bits per heavy atom. The maximum atomic E-state index is 14.2. The summed E-state index contributed by atoms with van der Waals surface area (Å²) in [7, 11) is -3.99. The van der Waals surface area contributed by atoms with Gasteiger partial charge in [-0.15, -0.1) is 0 Å². The van der Waals surface area contributed by atoms with Crippen LogP contribution in [0.4, 0.5) is 0 Å². The second kappa shape index (κ2) is 7.35. The SMILES string of the molecule is C[C@@]12C(=O)[C@](C)(C(c3ccccc3)=C1c1ccccc1)C(S(=O)(=O)c1ccccc1)C2C=O. The molecular formula is C28H24O4S. The second-order valence-electron chi connectivity index (χ2n) is 9.16. The number of ketones is 1. The summed E-state index contributed by atoms with van der Waals surface area (Å²) in [4.78, 5) is 26.9. The summed E-state index contributed by atoms with van der Waals surface area (Å²) in [6.45, 7) is 3.45. The van der Waals surface area contributed by atoms with E-state index in [9.17, 15) is 18.0 Å². The molecule has 33 heavy (non-hydrogen) atoms. The third-order valence-corrected chi connectivity index (χ3v) is 9.83. The number of rotatable bonds is 5. The zero-order chi connectivity index (χ0) is 23.4. The van der Waals surface area contributed by atoms with Gasteiger partial charge in [-0.25, -0.2) is 8.42 Å². The van der Waals surface area contributed by atoms with E-state index >= 15 is 0 Å². The maximum Gasteiger partial charge on any atom is 0.183 e. The fourth-order valence-corrected chi connectivity index (χ4v) is 8.50. The van der Waals surface area contributed by atoms with E-state index in [0.29, 0.717) is 11.9 Å². The van der Waals surface area contributed by atoms with E-state index in [-0.39, 0.29) is 10.7 Å². The molecule has 0 aliphatic heterocycles. The lowest BCUT2D eigenvalue weighted by Gasteiger charge is -2.39. The standard InChI is InChI=1S/C28H24O4S/c1-27-22(18-29)25(33(31,32)21-16-10-5-11-17-21)28(2,26(27)30)24(20-14-8-4-9-15-20)23(27)19-12-6-3-7-13-19/h3-18,22,25H,1-2H3/t22?,25?,27-,28+/m0/s1. The molecule has 2 unspecified atom stereocenters. The van der Waals surface area contributed by atoms with E-state index in [2.05, 4.69) is 0 Å². The quantitative estimate of drug-likeness (QED) is 0.514. The van der Waals surface area contributed by atoms with Crippen molar-refractivity contribution in [3.63, 3.8) is 0 Å². The Hall–Kier alpha value is -3.31. The van der Waals surface area contributed by atoms with Crippen LogP contribution in [0.5, 0.6) is 0 Å². The summed E-state index contributed by atoms with van der Waals surface area (Å²) < 4.78 is 27.9. The van der Waals surface area contributed by atoms with Gasteiger partial charge in [-0.3, -0.25) is 4.79 Å². The lowest BCUT2D eigenvalue weighted by molar-refractivity contribution is -0.128. The van der Waals surface area contributed by atoms with Gasteiger partial charge in [0.2, 0.25) is 0 Å². The van der Waals surface area contributed by atoms with Crippen LogP contribution in [0.15, 0.2) is 95.9 Å². The Labute approximate surface area is 193 Å². The molecule has 4 nitrogen and oxygen atoms in total. The zero-order valence-electron chi connectivity index (χ0n) is 18.4. The molecule has 5 rings (SSSR count). The minimum absolute atomic E-state index is 0.126. The monoisotopic (exact) mass is 456 g/mol. The van der Waals surface area contributed by atoms with Crippen LogP contribution < -0.4 is 0 Å². The summed E-state index contributed by atoms with van der Waals surface area (Å²) in [5, 5.41) is -1.19. The van der Waals surface area contributed by atoms with E-state index in [0.717, 1.165) is 16.7 Å². The first-order valence-corrected chi connectivity index (χ1v) is 12.5. The largest absolute Gasteiger partial charge is 0.303 e. The van der Waals surface area contributed by atoms with Crippen molar-refractivity contribution in [2.75, 3.05) is 0 Å². The van der Waals surface area contributed by atoms with Gasteiger partial charge in [-0.2, -0.15) is 0 Å². The first-order chi connectivity index (χ1) is 15.8. The summed E-state index contributed by atoms with van der Waals surface area (Å²) in [6.07, 6.45) is 0.680. The Balaban J connectivity index is 1.88. The van der Waals surface area contributed by atoms with Crippen LogP contribution in [0.25, 0.3) is 11.1 Å². The normalized spacial score (nSPS) is 28.8. The molecule has 3 aromatic carbocycles. The topological polar surface area (TPSA) is 68.3 Å². The Morgan fingerprint density at radius 3 is 1.58 bits per heavy atom. The predicted molar refractivity (Wildman–Crippen MR) is 128 cm³/mol. The van der Waals surface area contributed by atoms with Gasteiger partial charge in [0.25, 0.3) is 0 Å². The van der Waals surface area contributed by atoms with Crippen LogP contribution in [-0.2, 0) is 19.4 Å². The third kappa shape index (κ3) is 2.72. The van der Waals surface area contributed by atoms with Crippen molar-refractivity contribution in [1.29, 1.82) is 0 Å². The Kier molecular flexibility index (Phi) is 4.80. The molecule has 4 atom stereocenters. The second-order valence-corrected chi connectivity index (χ2v) is 11.2. The van der Waals surface area contributed by atoms with Gasteiger partial charge in [0.05, 0.1) is 21.0 Å². The van der Waals surface area contributed by atoms with Crippen molar-refractivity contribution in [3.8, 4) is 0 Å². The molecular weight excluding hydrogens is 432 g/mol. The number of aldehydes is 1. The van der Waals surface area contributed by atoms with Crippen molar-refractivity contribution in [2.45, 2.75) is 24.0 Å². The number of hydrogen-bond acceptors (Lipinski definition) is 4. The van der Waals surface area contributed by atoms with Crippen molar-refractivity contribution in [3.05, 3.63) is 102 Å². The molecule has 5 heteroatoms. The van der Waals surface area contributed by atoms with Gasteiger partial charge < -0.3 is 4.79 Å². The number of fused-ring (bicyclic) bond motifs is 2. The van der Waals surface area contributed by atoms with Crippen LogP contribution in [0.2, 0.25) is 0 Å². The zero-order valence-corrected chi connectivity index (χ0v) is 19.3. The van der Waals surface area contributed by atoms with Gasteiger partial charge >= 0.3 is 0 Å². The van der Waals surface area contributed by atoms with E-state index in [4.69, 9.17) is 0 Å². The molecule has 166 valence electrons. The average molecular weight is 457 g/mol. The number of Topliss-reactive ketones (excluding diaryl/α,β-unsaturated/α-hetero) is 1. The molecule has 0 N–H and O–H groups in total. The highest BCUT2D eigenvalue weighted by atomic mass is 32.2. The molecule has 0 radical (unpaired) electrons.